The number of piperidine rings is 1. The summed E-state index contributed by atoms with van der Waals surface area (Å²) in [6.45, 7) is 7.48. The number of ketones is 1. The van der Waals surface area contributed by atoms with E-state index in [1.807, 2.05) is 51.1 Å². The largest absolute Gasteiger partial charge is 0.444 e. The maximum absolute atomic E-state index is 12.3. The van der Waals surface area contributed by atoms with Crippen LogP contribution >= 0.6 is 0 Å². The van der Waals surface area contributed by atoms with Gasteiger partial charge in [-0.15, -0.1) is 0 Å². The second-order valence-corrected chi connectivity index (χ2v) is 7.01. The van der Waals surface area contributed by atoms with E-state index < -0.39 is 11.7 Å². The SMILES string of the molecule is CC(C)(C)OC(=O)NC1CCCN(CC(=O)c2ccccc2)C1. The molecule has 2 rings (SSSR count). The lowest BCUT2D eigenvalue weighted by atomic mass is 10.0. The number of alkyl carbamates (subject to hydrolysis) is 1. The predicted molar refractivity (Wildman–Crippen MR) is 89.6 cm³/mol. The molecule has 1 unspecified atom stereocenters. The first-order valence-electron chi connectivity index (χ1n) is 8.13. The molecule has 0 aliphatic carbocycles. The molecule has 23 heavy (non-hydrogen) atoms. The van der Waals surface area contributed by atoms with Crippen LogP contribution in [0.5, 0.6) is 0 Å². The summed E-state index contributed by atoms with van der Waals surface area (Å²) in [6.07, 6.45) is 1.48. The second kappa shape index (κ2) is 7.59. The maximum Gasteiger partial charge on any atom is 0.407 e. The minimum Gasteiger partial charge on any atom is -0.444 e. The Labute approximate surface area is 138 Å². The van der Waals surface area contributed by atoms with Crippen LogP contribution in [0.3, 0.4) is 0 Å². The summed E-state index contributed by atoms with van der Waals surface area (Å²) in [5, 5.41) is 2.90. The number of carbonyl (C=O) groups is 2. The van der Waals surface area contributed by atoms with E-state index in [0.29, 0.717) is 13.1 Å². The summed E-state index contributed by atoms with van der Waals surface area (Å²) >= 11 is 0. The fourth-order valence-electron chi connectivity index (χ4n) is 2.71. The number of carbonyl (C=O) groups excluding carboxylic acids is 2. The van der Waals surface area contributed by atoms with Gasteiger partial charge in [0.1, 0.15) is 5.60 Å². The number of hydrogen-bond acceptors (Lipinski definition) is 4. The zero-order valence-corrected chi connectivity index (χ0v) is 14.2. The number of amides is 1. The summed E-state index contributed by atoms with van der Waals surface area (Å²) in [7, 11) is 0. The van der Waals surface area contributed by atoms with Gasteiger partial charge in [-0.05, 0) is 40.2 Å². The van der Waals surface area contributed by atoms with Gasteiger partial charge in [0.15, 0.2) is 5.78 Å². The Hall–Kier alpha value is -1.88. The molecule has 0 radical (unpaired) electrons. The van der Waals surface area contributed by atoms with Crippen LogP contribution in [0.25, 0.3) is 0 Å². The molecule has 1 fully saturated rings. The molecular formula is C18H26N2O3. The van der Waals surface area contributed by atoms with Gasteiger partial charge in [0.05, 0.1) is 6.54 Å². The highest BCUT2D eigenvalue weighted by molar-refractivity contribution is 5.97. The molecule has 0 spiro atoms. The van der Waals surface area contributed by atoms with Crippen LogP contribution in [0.4, 0.5) is 4.79 Å². The lowest BCUT2D eigenvalue weighted by Crippen LogP contribution is -2.49. The molecule has 5 nitrogen and oxygen atoms in total. The number of nitrogens with zero attached hydrogens (tertiary/aromatic N) is 1. The second-order valence-electron chi connectivity index (χ2n) is 7.01. The Balaban J connectivity index is 1.84. The van der Waals surface area contributed by atoms with Crippen molar-refractivity contribution in [2.24, 2.45) is 0 Å². The van der Waals surface area contributed by atoms with Gasteiger partial charge in [0, 0.05) is 18.2 Å². The average molecular weight is 318 g/mol. The predicted octanol–water partition coefficient (Wildman–Crippen LogP) is 2.86. The first-order valence-corrected chi connectivity index (χ1v) is 8.13. The highest BCUT2D eigenvalue weighted by atomic mass is 16.6. The molecule has 0 bridgehead atoms. The maximum atomic E-state index is 12.3. The highest BCUT2D eigenvalue weighted by Crippen LogP contribution is 2.13. The standard InChI is InChI=1S/C18H26N2O3/c1-18(2,3)23-17(22)19-15-10-7-11-20(12-15)13-16(21)14-8-5-4-6-9-14/h4-6,8-9,15H,7,10-13H2,1-3H3,(H,19,22). The van der Waals surface area contributed by atoms with Gasteiger partial charge >= 0.3 is 6.09 Å². The summed E-state index contributed by atoms with van der Waals surface area (Å²) in [4.78, 5) is 26.2. The molecule has 1 aliphatic rings. The number of nitrogens with one attached hydrogen (secondary N) is 1. The van der Waals surface area contributed by atoms with Gasteiger partial charge in [-0.3, -0.25) is 9.69 Å². The summed E-state index contributed by atoms with van der Waals surface area (Å²) in [6, 6.07) is 9.35. The molecule has 126 valence electrons. The monoisotopic (exact) mass is 318 g/mol. The number of benzene rings is 1. The Morgan fingerprint density at radius 2 is 1.96 bits per heavy atom. The summed E-state index contributed by atoms with van der Waals surface area (Å²) < 4.78 is 5.29. The van der Waals surface area contributed by atoms with E-state index in [-0.39, 0.29) is 11.8 Å². The molecule has 1 saturated heterocycles. The van der Waals surface area contributed by atoms with Crippen molar-refractivity contribution in [2.75, 3.05) is 19.6 Å². The Kier molecular flexibility index (Phi) is 5.77. The first kappa shape index (κ1) is 17.5. The van der Waals surface area contributed by atoms with Crippen molar-refractivity contribution >= 4 is 11.9 Å². The van der Waals surface area contributed by atoms with Crippen molar-refractivity contribution in [2.45, 2.75) is 45.3 Å². The smallest absolute Gasteiger partial charge is 0.407 e. The molecule has 0 saturated carbocycles. The van der Waals surface area contributed by atoms with Crippen molar-refractivity contribution in [3.63, 3.8) is 0 Å². The van der Waals surface area contributed by atoms with E-state index in [1.54, 1.807) is 0 Å². The van der Waals surface area contributed by atoms with Crippen molar-refractivity contribution in [3.8, 4) is 0 Å². The lowest BCUT2D eigenvalue weighted by Gasteiger charge is -2.33. The fraction of sp³-hybridized carbons (Fsp3) is 0.556. The molecule has 5 heteroatoms. The number of ether oxygens (including phenoxy) is 1. The molecule has 1 aromatic rings. The minimum absolute atomic E-state index is 0.0298. The van der Waals surface area contributed by atoms with Crippen LogP contribution in [0, 0.1) is 0 Å². The highest BCUT2D eigenvalue weighted by Gasteiger charge is 2.25. The molecule has 1 amide bonds. The van der Waals surface area contributed by atoms with E-state index in [9.17, 15) is 9.59 Å². The Bertz CT molecular complexity index is 537. The van der Waals surface area contributed by atoms with Gasteiger partial charge in [-0.2, -0.15) is 0 Å². The van der Waals surface area contributed by atoms with Crippen LogP contribution < -0.4 is 5.32 Å². The number of likely N-dealkylation sites (tertiary alicyclic amines) is 1. The zero-order valence-electron chi connectivity index (χ0n) is 14.2. The van der Waals surface area contributed by atoms with E-state index >= 15 is 0 Å². The van der Waals surface area contributed by atoms with Crippen LogP contribution in [-0.4, -0.2) is 48.1 Å². The third-order valence-corrected chi connectivity index (χ3v) is 3.69. The van der Waals surface area contributed by atoms with Crippen molar-refractivity contribution in [3.05, 3.63) is 35.9 Å². The molecular weight excluding hydrogens is 292 g/mol. The molecule has 1 atom stereocenters. The average Bonchev–Trinajstić information content (AvgIpc) is 2.46. The molecule has 1 N–H and O–H groups in total. The summed E-state index contributed by atoms with van der Waals surface area (Å²) in [5.74, 6) is 0.114. The lowest BCUT2D eigenvalue weighted by molar-refractivity contribution is 0.0473. The van der Waals surface area contributed by atoms with E-state index in [4.69, 9.17) is 4.74 Å². The summed E-state index contributed by atoms with van der Waals surface area (Å²) in [5.41, 5.74) is 0.233. The quantitative estimate of drug-likeness (QED) is 0.867. The Morgan fingerprint density at radius 3 is 2.61 bits per heavy atom. The number of Topliss-reactive ketones (excluding diaryl/α,β-unsaturated/α-hetero) is 1. The fourth-order valence-corrected chi connectivity index (χ4v) is 2.71. The van der Waals surface area contributed by atoms with Gasteiger partial charge in [-0.1, -0.05) is 30.3 Å². The van der Waals surface area contributed by atoms with E-state index in [0.717, 1.165) is 24.9 Å². The van der Waals surface area contributed by atoms with Crippen molar-refractivity contribution in [1.29, 1.82) is 0 Å². The van der Waals surface area contributed by atoms with Gasteiger partial charge in [0.25, 0.3) is 0 Å². The van der Waals surface area contributed by atoms with Gasteiger partial charge in [-0.25, -0.2) is 4.79 Å². The minimum atomic E-state index is -0.498. The van der Waals surface area contributed by atoms with Gasteiger partial charge in [0.2, 0.25) is 0 Å². The molecule has 0 aromatic heterocycles. The van der Waals surface area contributed by atoms with E-state index in [2.05, 4.69) is 10.2 Å². The molecule has 1 heterocycles. The normalized spacial score (nSPS) is 19.2. The first-order chi connectivity index (χ1) is 10.8. The number of hydrogen-bond donors (Lipinski definition) is 1. The zero-order chi connectivity index (χ0) is 16.9. The third-order valence-electron chi connectivity index (χ3n) is 3.69. The molecule has 1 aliphatic heterocycles. The van der Waals surface area contributed by atoms with Crippen molar-refractivity contribution < 1.29 is 14.3 Å². The van der Waals surface area contributed by atoms with Crippen LogP contribution in [0.2, 0.25) is 0 Å². The van der Waals surface area contributed by atoms with Gasteiger partial charge < -0.3 is 10.1 Å². The van der Waals surface area contributed by atoms with Crippen LogP contribution in [0.15, 0.2) is 30.3 Å². The Morgan fingerprint density at radius 1 is 1.26 bits per heavy atom. The van der Waals surface area contributed by atoms with Crippen molar-refractivity contribution in [1.82, 2.24) is 10.2 Å². The third kappa shape index (κ3) is 6.02. The van der Waals surface area contributed by atoms with Crippen LogP contribution in [0.1, 0.15) is 44.0 Å². The van der Waals surface area contributed by atoms with Crippen LogP contribution in [-0.2, 0) is 4.74 Å². The molecule has 1 aromatic carbocycles. The number of rotatable bonds is 4. The van der Waals surface area contributed by atoms with E-state index in [1.165, 1.54) is 0 Å². The topological polar surface area (TPSA) is 58.6 Å².